The molecule has 2 aromatic rings. The summed E-state index contributed by atoms with van der Waals surface area (Å²) < 4.78 is 2.23. The van der Waals surface area contributed by atoms with Crippen LogP contribution in [0.1, 0.15) is 36.4 Å². The maximum absolute atomic E-state index is 11.7. The molecule has 0 saturated carbocycles. The zero-order chi connectivity index (χ0) is 12.7. The summed E-state index contributed by atoms with van der Waals surface area (Å²) in [6.45, 7) is 0. The van der Waals surface area contributed by atoms with E-state index in [1.54, 1.807) is 0 Å². The highest BCUT2D eigenvalue weighted by Gasteiger charge is 2.28. The molecule has 1 atom stereocenters. The van der Waals surface area contributed by atoms with Crippen LogP contribution in [0.4, 0.5) is 0 Å². The topological polar surface area (TPSA) is 48.0 Å². The van der Waals surface area contributed by atoms with Crippen LogP contribution in [-0.2, 0) is 18.3 Å². The maximum Gasteiger partial charge on any atom is 0.225 e. The van der Waals surface area contributed by atoms with Crippen LogP contribution in [0.15, 0.2) is 24.3 Å². The smallest absolute Gasteiger partial charge is 0.225 e. The second-order valence-corrected chi connectivity index (χ2v) is 5.14. The van der Waals surface area contributed by atoms with Gasteiger partial charge in [0.2, 0.25) is 5.91 Å². The van der Waals surface area contributed by atoms with Crippen molar-refractivity contribution in [2.75, 3.05) is 0 Å². The SMILES string of the molecule is Cn1c2c(c3ccccc31)C(C(N)=O)CCCC2. The van der Waals surface area contributed by atoms with Crippen molar-refractivity contribution in [2.24, 2.45) is 12.8 Å². The molecular formula is C15H18N2O. The van der Waals surface area contributed by atoms with Gasteiger partial charge in [0.05, 0.1) is 5.92 Å². The molecule has 0 fully saturated rings. The minimum absolute atomic E-state index is 0.117. The zero-order valence-electron chi connectivity index (χ0n) is 10.6. The number of hydrogen-bond acceptors (Lipinski definition) is 1. The van der Waals surface area contributed by atoms with E-state index < -0.39 is 0 Å². The highest BCUT2D eigenvalue weighted by molar-refractivity contribution is 5.93. The molecule has 0 bridgehead atoms. The number of rotatable bonds is 1. The summed E-state index contributed by atoms with van der Waals surface area (Å²) in [5.41, 5.74) is 9.28. The molecule has 18 heavy (non-hydrogen) atoms. The maximum atomic E-state index is 11.7. The van der Waals surface area contributed by atoms with Crippen molar-refractivity contribution in [3.63, 3.8) is 0 Å². The van der Waals surface area contributed by atoms with Gasteiger partial charge in [0.25, 0.3) is 0 Å². The fourth-order valence-electron chi connectivity index (χ4n) is 3.24. The van der Waals surface area contributed by atoms with Crippen LogP contribution in [-0.4, -0.2) is 10.5 Å². The predicted molar refractivity (Wildman–Crippen MR) is 72.4 cm³/mol. The average molecular weight is 242 g/mol. The normalized spacial score (nSPS) is 19.5. The molecule has 0 radical (unpaired) electrons. The predicted octanol–water partition coefficient (Wildman–Crippen LogP) is 2.47. The van der Waals surface area contributed by atoms with Gasteiger partial charge in [-0.05, 0) is 30.9 Å². The Balaban J connectivity index is 2.33. The van der Waals surface area contributed by atoms with E-state index in [9.17, 15) is 4.79 Å². The lowest BCUT2D eigenvalue weighted by Crippen LogP contribution is -2.21. The quantitative estimate of drug-likeness (QED) is 0.767. The minimum atomic E-state index is -0.186. The molecular weight excluding hydrogens is 224 g/mol. The first-order valence-corrected chi connectivity index (χ1v) is 6.55. The summed E-state index contributed by atoms with van der Waals surface area (Å²) in [5.74, 6) is -0.303. The monoisotopic (exact) mass is 242 g/mol. The first-order valence-electron chi connectivity index (χ1n) is 6.55. The average Bonchev–Trinajstić information content (AvgIpc) is 2.55. The second-order valence-electron chi connectivity index (χ2n) is 5.14. The number of nitrogens with zero attached hydrogens (tertiary/aromatic N) is 1. The number of carbonyl (C=O) groups excluding carboxylic acids is 1. The molecule has 1 unspecified atom stereocenters. The van der Waals surface area contributed by atoms with Gasteiger partial charge in [0, 0.05) is 23.6 Å². The van der Waals surface area contributed by atoms with Gasteiger partial charge >= 0.3 is 0 Å². The lowest BCUT2D eigenvalue weighted by molar-refractivity contribution is -0.119. The van der Waals surface area contributed by atoms with E-state index in [1.807, 2.05) is 12.1 Å². The van der Waals surface area contributed by atoms with Gasteiger partial charge in [0.15, 0.2) is 0 Å². The van der Waals surface area contributed by atoms with E-state index in [-0.39, 0.29) is 11.8 Å². The van der Waals surface area contributed by atoms with Gasteiger partial charge in [0.1, 0.15) is 0 Å². The highest BCUT2D eigenvalue weighted by Crippen LogP contribution is 2.37. The van der Waals surface area contributed by atoms with Gasteiger partial charge in [-0.25, -0.2) is 0 Å². The number of carbonyl (C=O) groups is 1. The number of aromatic nitrogens is 1. The largest absolute Gasteiger partial charge is 0.369 e. The van der Waals surface area contributed by atoms with E-state index in [1.165, 1.54) is 22.2 Å². The number of aryl methyl sites for hydroxylation is 1. The van der Waals surface area contributed by atoms with Crippen LogP contribution in [0.5, 0.6) is 0 Å². The van der Waals surface area contributed by atoms with Crippen molar-refractivity contribution in [2.45, 2.75) is 31.6 Å². The van der Waals surface area contributed by atoms with Crippen LogP contribution in [0.2, 0.25) is 0 Å². The number of para-hydroxylation sites is 1. The van der Waals surface area contributed by atoms with Crippen molar-refractivity contribution < 1.29 is 4.79 Å². The van der Waals surface area contributed by atoms with Crippen molar-refractivity contribution >= 4 is 16.8 Å². The molecule has 1 aromatic carbocycles. The first kappa shape index (κ1) is 11.3. The van der Waals surface area contributed by atoms with E-state index >= 15 is 0 Å². The molecule has 1 heterocycles. The summed E-state index contributed by atoms with van der Waals surface area (Å²) in [6.07, 6.45) is 4.15. The van der Waals surface area contributed by atoms with E-state index in [0.717, 1.165) is 25.7 Å². The van der Waals surface area contributed by atoms with Gasteiger partial charge < -0.3 is 10.3 Å². The Morgan fingerprint density at radius 2 is 2.11 bits per heavy atom. The molecule has 1 aromatic heterocycles. The molecule has 3 heteroatoms. The zero-order valence-corrected chi connectivity index (χ0v) is 10.6. The van der Waals surface area contributed by atoms with Crippen molar-refractivity contribution in [3.05, 3.63) is 35.5 Å². The Labute approximate surface area is 107 Å². The molecule has 1 aliphatic carbocycles. The van der Waals surface area contributed by atoms with Crippen molar-refractivity contribution in [1.82, 2.24) is 4.57 Å². The van der Waals surface area contributed by atoms with Crippen LogP contribution >= 0.6 is 0 Å². The van der Waals surface area contributed by atoms with Crippen LogP contribution in [0.25, 0.3) is 10.9 Å². The Morgan fingerprint density at radius 1 is 1.33 bits per heavy atom. The van der Waals surface area contributed by atoms with E-state index in [4.69, 9.17) is 5.73 Å². The fourth-order valence-corrected chi connectivity index (χ4v) is 3.24. The molecule has 0 spiro atoms. The number of primary amides is 1. The summed E-state index contributed by atoms with van der Waals surface area (Å²) in [7, 11) is 2.09. The lowest BCUT2D eigenvalue weighted by Gasteiger charge is -2.11. The highest BCUT2D eigenvalue weighted by atomic mass is 16.1. The molecule has 94 valence electrons. The van der Waals surface area contributed by atoms with Crippen LogP contribution < -0.4 is 5.73 Å². The molecule has 3 nitrogen and oxygen atoms in total. The number of amides is 1. The molecule has 1 amide bonds. The number of nitrogens with two attached hydrogens (primary N) is 1. The molecule has 3 rings (SSSR count). The lowest BCUT2D eigenvalue weighted by atomic mass is 9.93. The minimum Gasteiger partial charge on any atom is -0.369 e. The standard InChI is InChI=1S/C15H18N2O/c1-17-12-8-4-2-6-10(12)14-11(15(16)18)7-3-5-9-13(14)17/h2,4,6,8,11H,3,5,7,9H2,1H3,(H2,16,18). The number of fused-ring (bicyclic) bond motifs is 3. The van der Waals surface area contributed by atoms with Crippen LogP contribution in [0.3, 0.4) is 0 Å². The molecule has 0 saturated heterocycles. The van der Waals surface area contributed by atoms with Gasteiger partial charge in [-0.1, -0.05) is 24.6 Å². The number of hydrogen-bond donors (Lipinski definition) is 1. The number of benzene rings is 1. The summed E-state index contributed by atoms with van der Waals surface area (Å²) in [5, 5.41) is 1.20. The first-order chi connectivity index (χ1) is 8.70. The molecule has 0 aliphatic heterocycles. The van der Waals surface area contributed by atoms with Gasteiger partial charge in [-0.15, -0.1) is 0 Å². The third-order valence-electron chi connectivity index (χ3n) is 4.12. The Kier molecular flexibility index (Phi) is 2.62. The summed E-state index contributed by atoms with van der Waals surface area (Å²) in [6, 6.07) is 8.30. The van der Waals surface area contributed by atoms with E-state index in [0.29, 0.717) is 0 Å². The molecule has 2 N–H and O–H groups in total. The molecule has 1 aliphatic rings. The van der Waals surface area contributed by atoms with Gasteiger partial charge in [-0.3, -0.25) is 4.79 Å². The fraction of sp³-hybridized carbons (Fsp3) is 0.400. The summed E-state index contributed by atoms with van der Waals surface area (Å²) >= 11 is 0. The van der Waals surface area contributed by atoms with E-state index in [2.05, 4.69) is 23.7 Å². The Hall–Kier alpha value is -1.77. The second kappa shape index (κ2) is 4.16. The van der Waals surface area contributed by atoms with Crippen molar-refractivity contribution in [3.8, 4) is 0 Å². The summed E-state index contributed by atoms with van der Waals surface area (Å²) in [4.78, 5) is 11.7. The third kappa shape index (κ3) is 1.54. The Morgan fingerprint density at radius 3 is 2.89 bits per heavy atom. The van der Waals surface area contributed by atoms with Crippen molar-refractivity contribution in [1.29, 1.82) is 0 Å². The Bertz CT molecular complexity index is 612. The third-order valence-corrected chi connectivity index (χ3v) is 4.12. The van der Waals surface area contributed by atoms with Crippen LogP contribution in [0, 0.1) is 0 Å². The van der Waals surface area contributed by atoms with Gasteiger partial charge in [-0.2, -0.15) is 0 Å².